The zero-order chi connectivity index (χ0) is 25.9. The number of carbonyl (C=O) groups excluding carboxylic acids is 1. The Kier molecular flexibility index (Phi) is 6.99. The third kappa shape index (κ3) is 5.24. The maximum atomic E-state index is 14.6. The van der Waals surface area contributed by atoms with Crippen LogP contribution in [0.5, 0.6) is 0 Å². The molecule has 5 rings (SSSR count). The van der Waals surface area contributed by atoms with Gasteiger partial charge in [-0.15, -0.1) is 0 Å². The first-order chi connectivity index (χ1) is 17.9. The van der Waals surface area contributed by atoms with Gasteiger partial charge in [0.2, 0.25) is 0 Å². The van der Waals surface area contributed by atoms with Gasteiger partial charge >= 0.3 is 6.03 Å². The Balaban J connectivity index is 1.42. The summed E-state index contributed by atoms with van der Waals surface area (Å²) in [5.41, 5.74) is 3.74. The largest absolute Gasteiger partial charge is 0.333 e. The minimum Gasteiger partial charge on any atom is -0.333 e. The Hall–Kier alpha value is -4.06. The van der Waals surface area contributed by atoms with Crippen LogP contribution >= 0.6 is 11.6 Å². The number of rotatable bonds is 5. The van der Waals surface area contributed by atoms with Crippen LogP contribution < -0.4 is 5.32 Å². The number of hydrogen-bond acceptors (Lipinski definition) is 4. The Labute approximate surface area is 217 Å². The van der Waals surface area contributed by atoms with Crippen molar-refractivity contribution in [1.82, 2.24) is 19.8 Å². The Morgan fingerprint density at radius 1 is 1.19 bits per heavy atom. The number of hydrogen-bond donors (Lipinski definition) is 1. The van der Waals surface area contributed by atoms with E-state index >= 15 is 0 Å². The summed E-state index contributed by atoms with van der Waals surface area (Å²) in [7, 11) is 0. The molecule has 186 valence electrons. The molecule has 1 N–H and O–H groups in total. The van der Waals surface area contributed by atoms with Gasteiger partial charge in [0.05, 0.1) is 11.1 Å². The molecule has 4 aromatic rings. The fourth-order valence-corrected chi connectivity index (χ4v) is 4.82. The number of amides is 1. The van der Waals surface area contributed by atoms with Crippen LogP contribution in [0.25, 0.3) is 17.0 Å². The van der Waals surface area contributed by atoms with E-state index in [0.717, 1.165) is 22.4 Å². The van der Waals surface area contributed by atoms with Crippen molar-refractivity contribution in [3.05, 3.63) is 106 Å². The van der Waals surface area contributed by atoms with E-state index in [1.807, 2.05) is 18.2 Å². The molecule has 2 aromatic carbocycles. The molecule has 0 unspecified atom stereocenters. The molecular formula is C28H22ClF2N5O. The van der Waals surface area contributed by atoms with E-state index < -0.39 is 5.82 Å². The molecule has 0 fully saturated rings. The van der Waals surface area contributed by atoms with E-state index in [1.165, 1.54) is 24.3 Å². The van der Waals surface area contributed by atoms with Gasteiger partial charge in [-0.05, 0) is 53.1 Å². The summed E-state index contributed by atoms with van der Waals surface area (Å²) in [5.74, 6) is -0.896. The number of aromatic nitrogens is 2. The molecule has 37 heavy (non-hydrogen) atoms. The van der Waals surface area contributed by atoms with E-state index in [2.05, 4.69) is 15.2 Å². The van der Waals surface area contributed by atoms with Crippen molar-refractivity contribution in [3.8, 4) is 6.07 Å². The molecule has 0 spiro atoms. The first kappa shape index (κ1) is 24.6. The molecule has 0 saturated heterocycles. The number of halogens is 3. The SMILES string of the molecule is N#Cc1cc2c(cc1F)c1c(n2C(=O)NCc2ccnc(Cl)c2)CCN(CC=Cc2ccc(F)cc2)C1. The highest BCUT2D eigenvalue weighted by molar-refractivity contribution is 6.29. The van der Waals surface area contributed by atoms with E-state index in [9.17, 15) is 18.8 Å². The van der Waals surface area contributed by atoms with Crippen molar-refractivity contribution in [2.45, 2.75) is 19.5 Å². The zero-order valence-corrected chi connectivity index (χ0v) is 20.5. The fraction of sp³-hybridized carbons (Fsp3) is 0.179. The normalized spacial score (nSPS) is 13.6. The highest BCUT2D eigenvalue weighted by atomic mass is 35.5. The number of benzene rings is 2. The van der Waals surface area contributed by atoms with Gasteiger partial charge < -0.3 is 5.32 Å². The third-order valence-corrected chi connectivity index (χ3v) is 6.63. The number of fused-ring (bicyclic) bond motifs is 3. The molecule has 3 heterocycles. The molecule has 0 radical (unpaired) electrons. The molecule has 0 bridgehead atoms. The average Bonchev–Trinajstić information content (AvgIpc) is 3.20. The Morgan fingerprint density at radius 2 is 2.00 bits per heavy atom. The van der Waals surface area contributed by atoms with Crippen molar-refractivity contribution < 1.29 is 13.6 Å². The lowest BCUT2D eigenvalue weighted by atomic mass is 10.0. The van der Waals surface area contributed by atoms with Gasteiger partial charge in [-0.25, -0.2) is 18.6 Å². The molecule has 1 aliphatic heterocycles. The molecule has 0 aliphatic carbocycles. The molecule has 2 aromatic heterocycles. The number of pyridine rings is 1. The van der Waals surface area contributed by atoms with Crippen LogP contribution in [-0.4, -0.2) is 33.6 Å². The standard InChI is InChI=1S/C28H22ClF2N5O/c29-27-12-19(7-9-33-27)16-34-28(37)36-25-8-11-35(10-1-2-18-3-5-21(30)6-4-18)17-23(25)22-14-24(31)20(15-32)13-26(22)36/h1-7,9,12-14H,8,10-11,16-17H2,(H,34,37). The van der Waals surface area contributed by atoms with Gasteiger partial charge in [-0.3, -0.25) is 9.47 Å². The van der Waals surface area contributed by atoms with Crippen molar-refractivity contribution >= 4 is 34.6 Å². The summed E-state index contributed by atoms with van der Waals surface area (Å²) in [5, 5.41) is 13.2. The van der Waals surface area contributed by atoms with Gasteiger partial charge in [0.25, 0.3) is 0 Å². The van der Waals surface area contributed by atoms with E-state index in [1.54, 1.807) is 35.0 Å². The number of nitrogens with one attached hydrogen (secondary N) is 1. The maximum absolute atomic E-state index is 14.6. The van der Waals surface area contributed by atoms with Crippen LogP contribution in [0, 0.1) is 23.0 Å². The zero-order valence-electron chi connectivity index (χ0n) is 19.7. The van der Waals surface area contributed by atoms with Gasteiger partial charge in [0.15, 0.2) is 0 Å². The minimum atomic E-state index is -0.616. The lowest BCUT2D eigenvalue weighted by Crippen LogP contribution is -2.34. The van der Waals surface area contributed by atoms with Gasteiger partial charge in [-0.2, -0.15) is 5.26 Å². The maximum Gasteiger partial charge on any atom is 0.326 e. The Bertz CT molecular complexity index is 1560. The summed E-state index contributed by atoms with van der Waals surface area (Å²) in [6, 6.07) is 14.0. The highest BCUT2D eigenvalue weighted by Gasteiger charge is 2.27. The van der Waals surface area contributed by atoms with Gasteiger partial charge in [0.1, 0.15) is 22.9 Å². The van der Waals surface area contributed by atoms with Crippen LogP contribution in [0.4, 0.5) is 13.6 Å². The topological polar surface area (TPSA) is 74.0 Å². The molecular weight excluding hydrogens is 496 g/mol. The second kappa shape index (κ2) is 10.5. The lowest BCUT2D eigenvalue weighted by molar-refractivity contribution is 0.240. The number of nitriles is 1. The molecule has 1 amide bonds. The predicted octanol–water partition coefficient (Wildman–Crippen LogP) is 5.67. The molecule has 9 heteroatoms. The average molecular weight is 518 g/mol. The quantitative estimate of drug-likeness (QED) is 0.346. The highest BCUT2D eigenvalue weighted by Crippen LogP contribution is 2.32. The van der Waals surface area contributed by atoms with E-state index in [-0.39, 0.29) is 24.0 Å². The molecule has 6 nitrogen and oxygen atoms in total. The third-order valence-electron chi connectivity index (χ3n) is 6.42. The second-order valence-corrected chi connectivity index (χ2v) is 9.19. The van der Waals surface area contributed by atoms with Crippen LogP contribution in [0.1, 0.15) is 27.9 Å². The summed E-state index contributed by atoms with van der Waals surface area (Å²) in [6.07, 6.45) is 6.07. The first-order valence-corrected chi connectivity index (χ1v) is 12.1. The molecule has 0 saturated carbocycles. The summed E-state index contributed by atoms with van der Waals surface area (Å²) < 4.78 is 29.3. The van der Waals surface area contributed by atoms with Crippen molar-refractivity contribution in [2.24, 2.45) is 0 Å². The van der Waals surface area contributed by atoms with Crippen molar-refractivity contribution in [2.75, 3.05) is 13.1 Å². The Morgan fingerprint density at radius 3 is 2.76 bits per heavy atom. The number of carbonyl (C=O) groups is 1. The van der Waals surface area contributed by atoms with E-state index in [4.69, 9.17) is 11.6 Å². The molecule has 0 atom stereocenters. The molecule has 1 aliphatic rings. The van der Waals surface area contributed by atoms with Crippen molar-refractivity contribution in [1.29, 1.82) is 5.26 Å². The lowest BCUT2D eigenvalue weighted by Gasteiger charge is -2.27. The van der Waals surface area contributed by atoms with Crippen LogP contribution in [-0.2, 0) is 19.5 Å². The summed E-state index contributed by atoms with van der Waals surface area (Å²) in [4.78, 5) is 19.5. The number of nitrogens with zero attached hydrogens (tertiary/aromatic N) is 4. The van der Waals surface area contributed by atoms with Crippen LogP contribution in [0.3, 0.4) is 0 Å². The van der Waals surface area contributed by atoms with E-state index in [0.29, 0.717) is 42.1 Å². The fourth-order valence-electron chi connectivity index (χ4n) is 4.62. The van der Waals surface area contributed by atoms with Crippen LogP contribution in [0.15, 0.2) is 60.8 Å². The minimum absolute atomic E-state index is 0.114. The van der Waals surface area contributed by atoms with Gasteiger partial charge in [0, 0.05) is 49.9 Å². The summed E-state index contributed by atoms with van der Waals surface area (Å²) >= 11 is 5.95. The smallest absolute Gasteiger partial charge is 0.326 e. The first-order valence-electron chi connectivity index (χ1n) is 11.7. The van der Waals surface area contributed by atoms with Gasteiger partial charge in [-0.1, -0.05) is 35.9 Å². The monoisotopic (exact) mass is 517 g/mol. The van der Waals surface area contributed by atoms with Crippen molar-refractivity contribution in [3.63, 3.8) is 0 Å². The second-order valence-electron chi connectivity index (χ2n) is 8.81. The summed E-state index contributed by atoms with van der Waals surface area (Å²) in [6.45, 7) is 2.09. The van der Waals surface area contributed by atoms with Crippen LogP contribution in [0.2, 0.25) is 5.15 Å². The predicted molar refractivity (Wildman–Crippen MR) is 138 cm³/mol.